The lowest BCUT2D eigenvalue weighted by atomic mass is 10.2. The van der Waals surface area contributed by atoms with E-state index in [1.807, 2.05) is 24.3 Å². The molecular weight excluding hydrogens is 194 g/mol. The van der Waals surface area contributed by atoms with Crippen molar-refractivity contribution < 1.29 is 9.26 Å². The fourth-order valence-electron chi connectivity index (χ4n) is 1.31. The lowest BCUT2D eigenvalue weighted by Gasteiger charge is -2.02. The predicted octanol–water partition coefficient (Wildman–Crippen LogP) is 1.50. The van der Waals surface area contributed by atoms with Gasteiger partial charge >= 0.3 is 0 Å². The molecule has 0 fully saturated rings. The van der Waals surface area contributed by atoms with Crippen LogP contribution in [0.2, 0.25) is 0 Å². The minimum Gasteiger partial charge on any atom is -0.497 e. The Bertz CT molecular complexity index is 481. The maximum Gasteiger partial charge on any atom is 0.282 e. The normalized spacial score (nSPS) is 10.2. The predicted molar refractivity (Wildman–Crippen MR) is 55.1 cm³/mol. The van der Waals surface area contributed by atoms with Gasteiger partial charge < -0.3 is 9.26 Å². The highest BCUT2D eigenvalue weighted by molar-refractivity contribution is 5.27. The Labute approximate surface area is 86.7 Å². The number of hydrogen-bond acceptors (Lipinski definition) is 3. The van der Waals surface area contributed by atoms with Gasteiger partial charge in [-0.15, -0.1) is 0 Å². The Balaban J connectivity index is 2.18. The van der Waals surface area contributed by atoms with Gasteiger partial charge in [0.25, 0.3) is 5.56 Å². The smallest absolute Gasteiger partial charge is 0.282 e. The molecule has 15 heavy (non-hydrogen) atoms. The first kappa shape index (κ1) is 9.58. The highest BCUT2D eigenvalue weighted by Crippen LogP contribution is 2.11. The van der Waals surface area contributed by atoms with Crippen LogP contribution in [-0.4, -0.2) is 11.8 Å². The molecule has 78 valence electrons. The maximum absolute atomic E-state index is 11.2. The molecule has 1 aromatic heterocycles. The highest BCUT2D eigenvalue weighted by Gasteiger charge is 2.00. The summed E-state index contributed by atoms with van der Waals surface area (Å²) in [4.78, 5) is 11.2. The summed E-state index contributed by atoms with van der Waals surface area (Å²) < 4.78 is 11.3. The summed E-state index contributed by atoms with van der Waals surface area (Å²) in [6, 6.07) is 8.89. The molecule has 0 bridgehead atoms. The van der Waals surface area contributed by atoms with Crippen LogP contribution >= 0.6 is 0 Å². The fraction of sp³-hybridized carbons (Fsp3) is 0.182. The largest absolute Gasteiger partial charge is 0.497 e. The molecule has 2 aromatic rings. The van der Waals surface area contributed by atoms with E-state index in [1.165, 1.54) is 17.1 Å². The van der Waals surface area contributed by atoms with E-state index in [4.69, 9.17) is 9.26 Å². The van der Waals surface area contributed by atoms with Gasteiger partial charge in [-0.25, -0.2) is 0 Å². The van der Waals surface area contributed by atoms with Gasteiger partial charge in [0.1, 0.15) is 12.0 Å². The first-order valence-corrected chi connectivity index (χ1v) is 4.57. The van der Waals surface area contributed by atoms with Gasteiger partial charge in [-0.05, 0) is 17.7 Å². The minimum atomic E-state index is -0.134. The Morgan fingerprint density at radius 3 is 2.53 bits per heavy atom. The molecular formula is C11H11NO3. The molecule has 0 aliphatic carbocycles. The van der Waals surface area contributed by atoms with Gasteiger partial charge in [0.05, 0.1) is 13.7 Å². The van der Waals surface area contributed by atoms with Crippen LogP contribution in [0.15, 0.2) is 45.9 Å². The third-order valence-corrected chi connectivity index (χ3v) is 2.13. The lowest BCUT2D eigenvalue weighted by Crippen LogP contribution is -2.13. The van der Waals surface area contributed by atoms with Gasteiger partial charge in [-0.2, -0.15) is 4.74 Å². The van der Waals surface area contributed by atoms with Crippen LogP contribution in [-0.2, 0) is 6.54 Å². The van der Waals surface area contributed by atoms with Gasteiger partial charge in [0, 0.05) is 6.07 Å². The van der Waals surface area contributed by atoms with Gasteiger partial charge in [0.15, 0.2) is 0 Å². The van der Waals surface area contributed by atoms with Crippen LogP contribution in [0.1, 0.15) is 5.56 Å². The number of hydrogen-bond donors (Lipinski definition) is 0. The van der Waals surface area contributed by atoms with Crippen molar-refractivity contribution in [2.24, 2.45) is 0 Å². The van der Waals surface area contributed by atoms with E-state index in [2.05, 4.69) is 0 Å². The Morgan fingerprint density at radius 2 is 2.00 bits per heavy atom. The highest BCUT2D eigenvalue weighted by atomic mass is 16.5. The van der Waals surface area contributed by atoms with E-state index in [9.17, 15) is 4.79 Å². The Morgan fingerprint density at radius 1 is 1.27 bits per heavy atom. The molecule has 0 aliphatic rings. The molecule has 4 heteroatoms. The monoisotopic (exact) mass is 205 g/mol. The molecule has 0 spiro atoms. The molecule has 0 radical (unpaired) electrons. The second-order valence-corrected chi connectivity index (χ2v) is 3.13. The molecule has 0 aliphatic heterocycles. The maximum atomic E-state index is 11.2. The van der Waals surface area contributed by atoms with Gasteiger partial charge in [-0.1, -0.05) is 12.1 Å². The van der Waals surface area contributed by atoms with Crippen molar-refractivity contribution in [3.05, 3.63) is 52.5 Å². The van der Waals surface area contributed by atoms with E-state index in [0.29, 0.717) is 6.54 Å². The van der Waals surface area contributed by atoms with E-state index < -0.39 is 0 Å². The molecule has 0 amide bonds. The zero-order valence-electron chi connectivity index (χ0n) is 8.34. The first-order valence-electron chi connectivity index (χ1n) is 4.57. The summed E-state index contributed by atoms with van der Waals surface area (Å²) >= 11 is 0. The Kier molecular flexibility index (Phi) is 2.58. The van der Waals surface area contributed by atoms with Crippen LogP contribution in [0.3, 0.4) is 0 Å². The molecule has 2 rings (SSSR count). The van der Waals surface area contributed by atoms with Crippen molar-refractivity contribution in [2.75, 3.05) is 7.11 Å². The quantitative estimate of drug-likeness (QED) is 0.762. The minimum absolute atomic E-state index is 0.134. The molecule has 4 nitrogen and oxygen atoms in total. The average Bonchev–Trinajstić information content (AvgIpc) is 2.66. The zero-order valence-corrected chi connectivity index (χ0v) is 8.34. The standard InChI is InChI=1S/C11H11NO3/c1-14-10-4-2-9(3-5-10)8-12-11(13)6-7-15-12/h2-7H,8H2,1H3. The SMILES string of the molecule is COc1ccc(Cn2occc2=O)cc1. The molecule has 0 saturated heterocycles. The van der Waals surface area contributed by atoms with Crippen LogP contribution in [0, 0.1) is 0 Å². The molecule has 0 saturated carbocycles. The van der Waals surface area contributed by atoms with Crippen molar-refractivity contribution >= 4 is 0 Å². The summed E-state index contributed by atoms with van der Waals surface area (Å²) in [6.07, 6.45) is 1.38. The van der Waals surface area contributed by atoms with E-state index >= 15 is 0 Å². The lowest BCUT2D eigenvalue weighted by molar-refractivity contribution is 0.277. The van der Waals surface area contributed by atoms with Crippen molar-refractivity contribution in [3.8, 4) is 5.75 Å². The van der Waals surface area contributed by atoms with Gasteiger partial charge in [-0.3, -0.25) is 4.79 Å². The number of rotatable bonds is 3. The van der Waals surface area contributed by atoms with Crippen LogP contribution < -0.4 is 10.3 Å². The van der Waals surface area contributed by atoms with E-state index in [0.717, 1.165) is 11.3 Å². The number of ether oxygens (including phenoxy) is 1. The second-order valence-electron chi connectivity index (χ2n) is 3.13. The van der Waals surface area contributed by atoms with Crippen molar-refractivity contribution in [1.29, 1.82) is 0 Å². The number of nitrogens with zero attached hydrogens (tertiary/aromatic N) is 1. The summed E-state index contributed by atoms with van der Waals surface area (Å²) in [6.45, 7) is 0.440. The molecule has 0 N–H and O–H groups in total. The van der Waals surface area contributed by atoms with Crippen molar-refractivity contribution in [3.63, 3.8) is 0 Å². The third kappa shape index (κ3) is 2.10. The number of benzene rings is 1. The topological polar surface area (TPSA) is 44.4 Å². The molecule has 0 atom stereocenters. The van der Waals surface area contributed by atoms with Crippen molar-refractivity contribution in [1.82, 2.24) is 4.74 Å². The summed E-state index contributed by atoms with van der Waals surface area (Å²) in [5.74, 6) is 0.797. The first-order chi connectivity index (χ1) is 7.29. The second kappa shape index (κ2) is 4.04. The summed E-state index contributed by atoms with van der Waals surface area (Å²) in [5, 5.41) is 0. The molecule has 0 unspecified atom stereocenters. The van der Waals surface area contributed by atoms with E-state index in [-0.39, 0.29) is 5.56 Å². The number of aromatic nitrogens is 1. The Hall–Kier alpha value is -1.97. The number of methoxy groups -OCH3 is 1. The summed E-state index contributed by atoms with van der Waals surface area (Å²) in [5.41, 5.74) is 0.860. The third-order valence-electron chi connectivity index (χ3n) is 2.13. The van der Waals surface area contributed by atoms with Crippen LogP contribution in [0.4, 0.5) is 0 Å². The van der Waals surface area contributed by atoms with Crippen LogP contribution in [0.5, 0.6) is 5.75 Å². The average molecular weight is 205 g/mol. The van der Waals surface area contributed by atoms with Gasteiger partial charge in [0.2, 0.25) is 0 Å². The molecule has 1 heterocycles. The van der Waals surface area contributed by atoms with Crippen molar-refractivity contribution in [2.45, 2.75) is 6.54 Å². The zero-order chi connectivity index (χ0) is 10.7. The fourth-order valence-corrected chi connectivity index (χ4v) is 1.31. The van der Waals surface area contributed by atoms with E-state index in [1.54, 1.807) is 7.11 Å². The molecule has 1 aromatic carbocycles. The summed E-state index contributed by atoms with van der Waals surface area (Å²) in [7, 11) is 1.62. The van der Waals surface area contributed by atoms with Crippen LogP contribution in [0.25, 0.3) is 0 Å².